The molecule has 0 radical (unpaired) electrons. The topological polar surface area (TPSA) is 83.5 Å². The van der Waals surface area contributed by atoms with Crippen LogP contribution < -0.4 is 10.2 Å². The maximum absolute atomic E-state index is 11.8. The van der Waals surface area contributed by atoms with Gasteiger partial charge in [-0.2, -0.15) is 10.1 Å². The van der Waals surface area contributed by atoms with E-state index in [1.807, 2.05) is 26.0 Å². The van der Waals surface area contributed by atoms with E-state index in [2.05, 4.69) is 25.4 Å². The van der Waals surface area contributed by atoms with Crippen LogP contribution >= 0.6 is 11.6 Å². The summed E-state index contributed by atoms with van der Waals surface area (Å²) in [6, 6.07) is 3.93. The van der Waals surface area contributed by atoms with Gasteiger partial charge < -0.3 is 19.9 Å². The van der Waals surface area contributed by atoms with Crippen LogP contribution in [0.15, 0.2) is 18.3 Å². The quantitative estimate of drug-likeness (QED) is 0.858. The van der Waals surface area contributed by atoms with Crippen molar-refractivity contribution in [3.63, 3.8) is 0 Å². The standard InChI is InChI=1S/C18H23ClN6O2/c1-4-27-18(26)25-7-5-24(6-8-25)15-11-20-23-17(21-15)22-16-13(3)9-12(2)10-14(16)19/h9-11H,4-8H2,1-3H3,(H,21,22,23). The Kier molecular flexibility index (Phi) is 5.95. The molecule has 3 rings (SSSR count). The third-order valence-corrected chi connectivity index (χ3v) is 4.64. The molecule has 2 heterocycles. The van der Waals surface area contributed by atoms with Crippen molar-refractivity contribution in [3.05, 3.63) is 34.5 Å². The van der Waals surface area contributed by atoms with Gasteiger partial charge in [-0.1, -0.05) is 17.7 Å². The number of anilines is 3. The molecule has 144 valence electrons. The second-order valence-corrected chi connectivity index (χ2v) is 6.78. The Bertz CT molecular complexity index is 800. The van der Waals surface area contributed by atoms with Crippen LogP contribution in [0.1, 0.15) is 18.1 Å². The number of aromatic nitrogens is 3. The van der Waals surface area contributed by atoms with E-state index in [9.17, 15) is 4.79 Å². The van der Waals surface area contributed by atoms with Crippen LogP contribution in [0, 0.1) is 13.8 Å². The fourth-order valence-electron chi connectivity index (χ4n) is 3.02. The Balaban J connectivity index is 1.69. The summed E-state index contributed by atoms with van der Waals surface area (Å²) in [7, 11) is 0. The Morgan fingerprint density at radius 1 is 1.26 bits per heavy atom. The first kappa shape index (κ1) is 19.2. The van der Waals surface area contributed by atoms with Crippen LogP contribution in [0.4, 0.5) is 22.2 Å². The predicted molar refractivity (Wildman–Crippen MR) is 105 cm³/mol. The first-order chi connectivity index (χ1) is 13.0. The number of nitrogens with zero attached hydrogens (tertiary/aromatic N) is 5. The van der Waals surface area contributed by atoms with Gasteiger partial charge in [0.25, 0.3) is 0 Å². The molecular weight excluding hydrogens is 368 g/mol. The molecule has 0 bridgehead atoms. The Morgan fingerprint density at radius 2 is 2.00 bits per heavy atom. The Hall–Kier alpha value is -2.61. The molecule has 8 nitrogen and oxygen atoms in total. The molecule has 1 saturated heterocycles. The van der Waals surface area contributed by atoms with Gasteiger partial charge in [-0.15, -0.1) is 5.10 Å². The molecule has 0 saturated carbocycles. The number of hydrogen-bond acceptors (Lipinski definition) is 7. The molecule has 0 unspecified atom stereocenters. The van der Waals surface area contributed by atoms with Crippen molar-refractivity contribution >= 4 is 35.1 Å². The molecule has 1 aromatic heterocycles. The number of halogens is 1. The molecule has 0 atom stereocenters. The smallest absolute Gasteiger partial charge is 0.409 e. The number of nitrogens with one attached hydrogen (secondary N) is 1. The lowest BCUT2D eigenvalue weighted by molar-refractivity contribution is 0.105. The van der Waals surface area contributed by atoms with Crippen molar-refractivity contribution in [1.82, 2.24) is 20.1 Å². The molecule has 27 heavy (non-hydrogen) atoms. The van der Waals surface area contributed by atoms with Crippen molar-refractivity contribution in [2.24, 2.45) is 0 Å². The van der Waals surface area contributed by atoms with Crippen LogP contribution in [-0.4, -0.2) is 59.0 Å². The number of aryl methyl sites for hydroxylation is 2. The molecule has 9 heteroatoms. The summed E-state index contributed by atoms with van der Waals surface area (Å²) >= 11 is 6.35. The van der Waals surface area contributed by atoms with Crippen molar-refractivity contribution in [2.45, 2.75) is 20.8 Å². The van der Waals surface area contributed by atoms with Gasteiger partial charge in [-0.25, -0.2) is 4.79 Å². The van der Waals surface area contributed by atoms with Crippen molar-refractivity contribution in [1.29, 1.82) is 0 Å². The molecule has 0 aliphatic carbocycles. The van der Waals surface area contributed by atoms with E-state index in [1.165, 1.54) is 0 Å². The molecule has 1 aliphatic rings. The van der Waals surface area contributed by atoms with E-state index in [1.54, 1.807) is 18.0 Å². The van der Waals surface area contributed by atoms with Gasteiger partial charge in [0.15, 0.2) is 5.82 Å². The van der Waals surface area contributed by atoms with Gasteiger partial charge in [0.05, 0.1) is 23.5 Å². The van der Waals surface area contributed by atoms with Crippen molar-refractivity contribution < 1.29 is 9.53 Å². The number of ether oxygens (including phenoxy) is 1. The highest BCUT2D eigenvalue weighted by Crippen LogP contribution is 2.29. The number of amides is 1. The van der Waals surface area contributed by atoms with Crippen LogP contribution in [0.2, 0.25) is 5.02 Å². The minimum Gasteiger partial charge on any atom is -0.450 e. The summed E-state index contributed by atoms with van der Waals surface area (Å²) in [5.41, 5.74) is 2.88. The second-order valence-electron chi connectivity index (χ2n) is 6.37. The molecular formula is C18H23ClN6O2. The first-order valence-corrected chi connectivity index (χ1v) is 9.26. The van der Waals surface area contributed by atoms with Gasteiger partial charge in [0, 0.05) is 26.2 Å². The molecule has 1 amide bonds. The number of carbonyl (C=O) groups is 1. The Labute approximate surface area is 163 Å². The first-order valence-electron chi connectivity index (χ1n) is 8.88. The molecule has 1 N–H and O–H groups in total. The van der Waals surface area contributed by atoms with Crippen LogP contribution in [0.5, 0.6) is 0 Å². The number of rotatable bonds is 4. The third-order valence-electron chi connectivity index (χ3n) is 4.34. The van der Waals surface area contributed by atoms with E-state index in [0.717, 1.165) is 16.8 Å². The molecule has 0 spiro atoms. The van der Waals surface area contributed by atoms with Crippen molar-refractivity contribution in [3.8, 4) is 0 Å². The molecule has 1 aliphatic heterocycles. The summed E-state index contributed by atoms with van der Waals surface area (Å²) < 4.78 is 5.05. The summed E-state index contributed by atoms with van der Waals surface area (Å²) in [5.74, 6) is 1.09. The lowest BCUT2D eigenvalue weighted by Crippen LogP contribution is -2.49. The maximum atomic E-state index is 11.8. The SMILES string of the molecule is CCOC(=O)N1CCN(c2cnnc(Nc3c(C)cc(C)cc3Cl)n2)CC1. The van der Waals surface area contributed by atoms with Crippen LogP contribution in [0.25, 0.3) is 0 Å². The lowest BCUT2D eigenvalue weighted by atomic mass is 10.1. The monoisotopic (exact) mass is 390 g/mol. The highest BCUT2D eigenvalue weighted by Gasteiger charge is 2.23. The average Bonchev–Trinajstić information content (AvgIpc) is 2.65. The number of benzene rings is 1. The predicted octanol–water partition coefficient (Wildman–Crippen LogP) is 3.16. The second kappa shape index (κ2) is 8.39. The minimum atomic E-state index is -0.273. The zero-order valence-electron chi connectivity index (χ0n) is 15.7. The average molecular weight is 391 g/mol. The summed E-state index contributed by atoms with van der Waals surface area (Å²) in [5, 5.41) is 11.9. The fourth-order valence-corrected chi connectivity index (χ4v) is 3.39. The van der Waals surface area contributed by atoms with Gasteiger partial charge >= 0.3 is 6.09 Å². The summed E-state index contributed by atoms with van der Waals surface area (Å²) in [4.78, 5) is 20.1. The zero-order valence-corrected chi connectivity index (χ0v) is 16.5. The summed E-state index contributed by atoms with van der Waals surface area (Å²) in [6.45, 7) is 8.62. The van der Waals surface area contributed by atoms with E-state index >= 15 is 0 Å². The largest absolute Gasteiger partial charge is 0.450 e. The highest BCUT2D eigenvalue weighted by molar-refractivity contribution is 6.33. The van der Waals surface area contributed by atoms with E-state index < -0.39 is 0 Å². The molecule has 1 aromatic carbocycles. The normalized spacial score (nSPS) is 14.2. The van der Waals surface area contributed by atoms with Gasteiger partial charge in [0.1, 0.15) is 0 Å². The third kappa shape index (κ3) is 4.57. The highest BCUT2D eigenvalue weighted by atomic mass is 35.5. The minimum absolute atomic E-state index is 0.273. The zero-order chi connectivity index (χ0) is 19.4. The van der Waals surface area contributed by atoms with Crippen molar-refractivity contribution in [2.75, 3.05) is 43.0 Å². The van der Waals surface area contributed by atoms with Gasteiger partial charge in [-0.05, 0) is 38.0 Å². The molecule has 1 fully saturated rings. The van der Waals surface area contributed by atoms with Gasteiger partial charge in [0.2, 0.25) is 5.95 Å². The van der Waals surface area contributed by atoms with Crippen LogP contribution in [-0.2, 0) is 4.74 Å². The number of piperazine rings is 1. The van der Waals surface area contributed by atoms with Gasteiger partial charge in [-0.3, -0.25) is 0 Å². The Morgan fingerprint density at radius 3 is 2.67 bits per heavy atom. The van der Waals surface area contributed by atoms with E-state index in [0.29, 0.717) is 49.6 Å². The summed E-state index contributed by atoms with van der Waals surface area (Å²) in [6.07, 6.45) is 1.35. The number of carbonyl (C=O) groups excluding carboxylic acids is 1. The lowest BCUT2D eigenvalue weighted by Gasteiger charge is -2.34. The van der Waals surface area contributed by atoms with E-state index in [-0.39, 0.29) is 6.09 Å². The molecule has 2 aromatic rings. The van der Waals surface area contributed by atoms with E-state index in [4.69, 9.17) is 16.3 Å². The fraction of sp³-hybridized carbons (Fsp3) is 0.444. The van der Waals surface area contributed by atoms with Crippen LogP contribution in [0.3, 0.4) is 0 Å². The number of hydrogen-bond donors (Lipinski definition) is 1. The maximum Gasteiger partial charge on any atom is 0.409 e.